The molecule has 0 unspecified atom stereocenters. The Morgan fingerprint density at radius 1 is 0.960 bits per heavy atom. The van der Waals surface area contributed by atoms with Crippen molar-refractivity contribution >= 4 is 29.5 Å². The molecule has 128 valence electrons. The maximum absolute atomic E-state index is 12.2. The van der Waals surface area contributed by atoms with Gasteiger partial charge in [0.05, 0.1) is 5.57 Å². The molecule has 0 aliphatic carbocycles. The number of benzene rings is 2. The molecular formula is C19H17ClN2O3. The highest BCUT2D eigenvalue weighted by Crippen LogP contribution is 2.25. The largest absolute Gasteiger partial charge is 0.488 e. The number of carbonyl (C=O) groups is 2. The smallest absolute Gasteiger partial charge is 0.251 e. The monoisotopic (exact) mass is 356 g/mol. The van der Waals surface area contributed by atoms with Crippen molar-refractivity contribution in [1.29, 1.82) is 0 Å². The molecular weight excluding hydrogens is 340 g/mol. The van der Waals surface area contributed by atoms with Gasteiger partial charge in [0.15, 0.2) is 0 Å². The molecule has 2 aromatic rings. The van der Waals surface area contributed by atoms with Gasteiger partial charge in [0.25, 0.3) is 11.8 Å². The number of halogens is 1. The summed E-state index contributed by atoms with van der Waals surface area (Å²) in [6.45, 7) is 0.898. The summed E-state index contributed by atoms with van der Waals surface area (Å²) in [4.78, 5) is 24.1. The fraction of sp³-hybridized carbons (Fsp3) is 0.158. The molecule has 0 spiro atoms. The number of hydrogen-bond donors (Lipinski definition) is 2. The lowest BCUT2D eigenvalue weighted by molar-refractivity contribution is -0.117. The highest BCUT2D eigenvalue weighted by Gasteiger charge is 2.16. The zero-order chi connectivity index (χ0) is 17.6. The van der Waals surface area contributed by atoms with Crippen molar-refractivity contribution in [2.24, 2.45) is 0 Å². The second-order valence-electron chi connectivity index (χ2n) is 5.51. The zero-order valence-electron chi connectivity index (χ0n) is 13.4. The molecule has 0 bridgehead atoms. The molecule has 0 atom stereocenters. The van der Waals surface area contributed by atoms with Crippen molar-refractivity contribution in [3.63, 3.8) is 0 Å². The predicted molar refractivity (Wildman–Crippen MR) is 96.7 cm³/mol. The van der Waals surface area contributed by atoms with Gasteiger partial charge >= 0.3 is 0 Å². The maximum Gasteiger partial charge on any atom is 0.251 e. The minimum Gasteiger partial charge on any atom is -0.488 e. The Morgan fingerprint density at radius 2 is 1.64 bits per heavy atom. The van der Waals surface area contributed by atoms with Crippen LogP contribution in [0.3, 0.4) is 0 Å². The van der Waals surface area contributed by atoms with Crippen LogP contribution in [0, 0.1) is 0 Å². The van der Waals surface area contributed by atoms with E-state index in [1.54, 1.807) is 24.3 Å². The van der Waals surface area contributed by atoms with E-state index in [-0.39, 0.29) is 18.4 Å². The summed E-state index contributed by atoms with van der Waals surface area (Å²) in [5, 5.41) is 6.10. The third-order valence-corrected chi connectivity index (χ3v) is 3.98. The summed E-state index contributed by atoms with van der Waals surface area (Å²) >= 11 is 5.79. The Hall–Kier alpha value is -2.79. The third kappa shape index (κ3) is 4.39. The van der Waals surface area contributed by atoms with Crippen LogP contribution in [0.1, 0.15) is 15.9 Å². The number of amides is 2. The number of carbonyl (C=O) groups excluding carboxylic acids is 2. The second-order valence-corrected chi connectivity index (χ2v) is 5.95. The fourth-order valence-electron chi connectivity index (χ4n) is 2.42. The second kappa shape index (κ2) is 7.85. The Balaban J connectivity index is 1.46. The molecule has 6 heteroatoms. The van der Waals surface area contributed by atoms with Gasteiger partial charge in [-0.3, -0.25) is 9.59 Å². The molecule has 2 aromatic carbocycles. The molecule has 2 amide bonds. The molecule has 0 saturated heterocycles. The SMILES string of the molecule is O=C(NCCNC(=O)c1ccc(Cl)cc1)C1=Cc2ccccc2OC1. The topological polar surface area (TPSA) is 67.4 Å². The van der Waals surface area contributed by atoms with Gasteiger partial charge in [-0.25, -0.2) is 0 Å². The summed E-state index contributed by atoms with van der Waals surface area (Å²) in [6, 6.07) is 14.2. The van der Waals surface area contributed by atoms with E-state index < -0.39 is 0 Å². The Morgan fingerprint density at radius 3 is 2.40 bits per heavy atom. The van der Waals surface area contributed by atoms with Gasteiger partial charge < -0.3 is 15.4 Å². The van der Waals surface area contributed by atoms with Crippen molar-refractivity contribution in [1.82, 2.24) is 10.6 Å². The first-order valence-electron chi connectivity index (χ1n) is 7.88. The van der Waals surface area contributed by atoms with E-state index in [2.05, 4.69) is 10.6 Å². The quantitative estimate of drug-likeness (QED) is 0.809. The molecule has 2 N–H and O–H groups in total. The Kier molecular flexibility index (Phi) is 5.36. The number of hydrogen-bond acceptors (Lipinski definition) is 3. The van der Waals surface area contributed by atoms with Crippen molar-refractivity contribution in [3.8, 4) is 5.75 Å². The molecule has 5 nitrogen and oxygen atoms in total. The van der Waals surface area contributed by atoms with E-state index in [0.29, 0.717) is 29.2 Å². The molecule has 3 rings (SSSR count). The molecule has 0 saturated carbocycles. The predicted octanol–water partition coefficient (Wildman–Crippen LogP) is 2.66. The van der Waals surface area contributed by atoms with Crippen molar-refractivity contribution in [3.05, 3.63) is 70.3 Å². The maximum atomic E-state index is 12.2. The first-order chi connectivity index (χ1) is 12.1. The number of fused-ring (bicyclic) bond motifs is 1. The molecule has 1 heterocycles. The summed E-state index contributed by atoms with van der Waals surface area (Å²) < 4.78 is 5.56. The van der Waals surface area contributed by atoms with E-state index in [0.717, 1.165) is 11.3 Å². The van der Waals surface area contributed by atoms with Gasteiger partial charge in [0, 0.05) is 29.2 Å². The number of nitrogens with one attached hydrogen (secondary N) is 2. The third-order valence-electron chi connectivity index (χ3n) is 3.73. The summed E-state index contributed by atoms with van der Waals surface area (Å²) in [6.07, 6.45) is 1.82. The number of rotatable bonds is 5. The molecule has 1 aliphatic rings. The van der Waals surface area contributed by atoms with E-state index in [4.69, 9.17) is 16.3 Å². The zero-order valence-corrected chi connectivity index (χ0v) is 14.2. The molecule has 0 aromatic heterocycles. The van der Waals surface area contributed by atoms with Crippen LogP contribution in [-0.2, 0) is 4.79 Å². The van der Waals surface area contributed by atoms with Gasteiger partial charge in [-0.2, -0.15) is 0 Å². The minimum atomic E-state index is -0.208. The lowest BCUT2D eigenvalue weighted by Crippen LogP contribution is -2.36. The normalized spacial score (nSPS) is 12.4. The van der Waals surface area contributed by atoms with Gasteiger partial charge in [0.1, 0.15) is 12.4 Å². The first kappa shape index (κ1) is 17.0. The standard InChI is InChI=1S/C19H17ClN2O3/c20-16-7-5-13(6-8-16)18(23)21-9-10-22-19(24)15-11-14-3-1-2-4-17(14)25-12-15/h1-8,11H,9-10,12H2,(H,21,23)(H,22,24). The van der Waals surface area contributed by atoms with Gasteiger partial charge in [-0.15, -0.1) is 0 Å². The molecule has 1 aliphatic heterocycles. The van der Waals surface area contributed by atoms with Crippen LogP contribution in [-0.4, -0.2) is 31.5 Å². The Bertz CT molecular complexity index is 816. The van der Waals surface area contributed by atoms with Crippen molar-refractivity contribution in [2.75, 3.05) is 19.7 Å². The molecule has 0 fully saturated rings. The van der Waals surface area contributed by atoms with Crippen LogP contribution < -0.4 is 15.4 Å². The number of ether oxygens (including phenoxy) is 1. The van der Waals surface area contributed by atoms with Crippen LogP contribution in [0.5, 0.6) is 5.75 Å². The van der Waals surface area contributed by atoms with Crippen molar-refractivity contribution in [2.45, 2.75) is 0 Å². The van der Waals surface area contributed by atoms with E-state index in [1.165, 1.54) is 0 Å². The minimum absolute atomic E-state index is 0.199. The van der Waals surface area contributed by atoms with Gasteiger partial charge in [0.2, 0.25) is 0 Å². The van der Waals surface area contributed by atoms with Crippen LogP contribution in [0.15, 0.2) is 54.1 Å². The van der Waals surface area contributed by atoms with Crippen LogP contribution in [0.25, 0.3) is 6.08 Å². The highest BCUT2D eigenvalue weighted by molar-refractivity contribution is 6.30. The van der Waals surface area contributed by atoms with E-state index in [9.17, 15) is 9.59 Å². The summed E-state index contributed by atoms with van der Waals surface area (Å²) in [5.74, 6) is 0.365. The molecule has 25 heavy (non-hydrogen) atoms. The lowest BCUT2D eigenvalue weighted by Gasteiger charge is -2.17. The average molecular weight is 357 g/mol. The average Bonchev–Trinajstić information content (AvgIpc) is 2.65. The highest BCUT2D eigenvalue weighted by atomic mass is 35.5. The first-order valence-corrected chi connectivity index (χ1v) is 8.25. The summed E-state index contributed by atoms with van der Waals surface area (Å²) in [7, 11) is 0. The fourth-order valence-corrected chi connectivity index (χ4v) is 2.54. The van der Waals surface area contributed by atoms with Crippen molar-refractivity contribution < 1.29 is 14.3 Å². The van der Waals surface area contributed by atoms with Gasteiger partial charge in [-0.05, 0) is 36.4 Å². The number of para-hydroxylation sites is 1. The van der Waals surface area contributed by atoms with Crippen LogP contribution in [0.4, 0.5) is 0 Å². The van der Waals surface area contributed by atoms with E-state index in [1.807, 2.05) is 30.3 Å². The van der Waals surface area contributed by atoms with Gasteiger partial charge in [-0.1, -0.05) is 29.8 Å². The Labute approximate surface area is 150 Å². The lowest BCUT2D eigenvalue weighted by atomic mass is 10.1. The summed E-state index contributed by atoms with van der Waals surface area (Å²) in [5.41, 5.74) is 1.97. The van der Waals surface area contributed by atoms with E-state index >= 15 is 0 Å². The van der Waals surface area contributed by atoms with Crippen LogP contribution >= 0.6 is 11.6 Å². The molecule has 0 radical (unpaired) electrons. The van der Waals surface area contributed by atoms with Crippen LogP contribution in [0.2, 0.25) is 5.02 Å².